The van der Waals surface area contributed by atoms with E-state index >= 15 is 0 Å². The van der Waals surface area contributed by atoms with Crippen molar-refractivity contribution in [2.45, 2.75) is 76.8 Å². The van der Waals surface area contributed by atoms with Crippen molar-refractivity contribution in [2.75, 3.05) is 0 Å². The van der Waals surface area contributed by atoms with Gasteiger partial charge in [0.15, 0.2) is 0 Å². The van der Waals surface area contributed by atoms with Crippen molar-refractivity contribution < 1.29 is 33.7 Å². The van der Waals surface area contributed by atoms with Crippen molar-refractivity contribution in [1.29, 1.82) is 0 Å². The van der Waals surface area contributed by atoms with Crippen LogP contribution in [-0.2, 0) is 30.2 Å². The Hall–Kier alpha value is -3.39. The third-order valence-electron chi connectivity index (χ3n) is 5.82. The number of allylic oxidation sites excluding steroid dienone is 3. The molecular weight excluding hydrogens is 450 g/mol. The van der Waals surface area contributed by atoms with E-state index in [-0.39, 0.29) is 41.5 Å². The quantitative estimate of drug-likeness (QED) is 0.344. The topological polar surface area (TPSA) is 111 Å². The Morgan fingerprint density at radius 3 is 2.74 bits per heavy atom. The van der Waals surface area contributed by atoms with Crippen molar-refractivity contribution in [3.05, 3.63) is 65.9 Å². The number of benzene rings is 1. The van der Waals surface area contributed by atoms with Crippen molar-refractivity contribution >= 4 is 17.8 Å². The first kappa shape index (κ1) is 26.2. The summed E-state index contributed by atoms with van der Waals surface area (Å²) in [5.41, 5.74) is 0.742. The third kappa shape index (κ3) is 8.10. The maximum Gasteiger partial charge on any atom is 0.342 e. The number of cyclic esters (lactones) is 1. The lowest BCUT2D eigenvalue weighted by molar-refractivity contribution is -0.161. The summed E-state index contributed by atoms with van der Waals surface area (Å²) in [6.07, 6.45) is 11.7. The predicted molar refractivity (Wildman–Crippen MR) is 130 cm³/mol. The Balaban J connectivity index is 1.74. The van der Waals surface area contributed by atoms with Crippen molar-refractivity contribution in [2.24, 2.45) is 0 Å². The summed E-state index contributed by atoms with van der Waals surface area (Å²) in [6, 6.07) is 4.89. The Morgan fingerprint density at radius 2 is 1.97 bits per heavy atom. The first-order chi connectivity index (χ1) is 16.9. The summed E-state index contributed by atoms with van der Waals surface area (Å²) in [4.78, 5) is 36.4. The van der Waals surface area contributed by atoms with Gasteiger partial charge in [-0.25, -0.2) is 4.79 Å². The second-order valence-corrected chi connectivity index (χ2v) is 8.70. The predicted octanol–water partition coefficient (Wildman–Crippen LogP) is 3.89. The number of aromatic hydroxyl groups is 1. The average Bonchev–Trinajstić information content (AvgIpc) is 2.78. The van der Waals surface area contributed by atoms with E-state index in [1.807, 2.05) is 13.0 Å². The van der Waals surface area contributed by atoms with Gasteiger partial charge in [0.05, 0.1) is 12.2 Å². The number of ether oxygens (including phenoxy) is 3. The fraction of sp³-hybridized carbons (Fsp3) is 0.444. The highest BCUT2D eigenvalue weighted by molar-refractivity contribution is 5.94. The Morgan fingerprint density at radius 1 is 1.17 bits per heavy atom. The fourth-order valence-electron chi connectivity index (χ4n) is 4.38. The zero-order valence-corrected chi connectivity index (χ0v) is 20.1. The lowest BCUT2D eigenvalue weighted by atomic mass is 9.91. The normalized spacial score (nSPS) is 24.8. The molecule has 2 aliphatic rings. The molecule has 188 valence electrons. The molecule has 4 atom stereocenters. The molecule has 0 spiro atoms. The fourth-order valence-corrected chi connectivity index (χ4v) is 4.38. The molecule has 3 rings (SSSR count). The summed E-state index contributed by atoms with van der Waals surface area (Å²) >= 11 is 0. The molecule has 2 aliphatic heterocycles. The van der Waals surface area contributed by atoms with E-state index < -0.39 is 12.1 Å². The molecule has 1 saturated heterocycles. The number of rotatable bonds is 7. The number of nitrogens with one attached hydrogen (secondary N) is 1. The largest absolute Gasteiger partial charge is 0.507 e. The van der Waals surface area contributed by atoms with E-state index in [0.717, 1.165) is 6.42 Å². The van der Waals surface area contributed by atoms with E-state index in [2.05, 4.69) is 5.32 Å². The van der Waals surface area contributed by atoms with E-state index in [9.17, 15) is 19.5 Å². The molecule has 2 heterocycles. The van der Waals surface area contributed by atoms with E-state index in [4.69, 9.17) is 14.2 Å². The van der Waals surface area contributed by atoms with Crippen LogP contribution in [-0.4, -0.2) is 47.4 Å². The van der Waals surface area contributed by atoms with Crippen molar-refractivity contribution in [3.8, 4) is 5.75 Å². The average molecular weight is 484 g/mol. The minimum Gasteiger partial charge on any atom is -0.507 e. The van der Waals surface area contributed by atoms with E-state index in [1.54, 1.807) is 30.4 Å². The highest BCUT2D eigenvalue weighted by Crippen LogP contribution is 2.33. The van der Waals surface area contributed by atoms with Gasteiger partial charge in [0.25, 0.3) is 0 Å². The monoisotopic (exact) mass is 483 g/mol. The summed E-state index contributed by atoms with van der Waals surface area (Å²) in [7, 11) is 0. The summed E-state index contributed by atoms with van der Waals surface area (Å²) in [6.45, 7) is 3.39. The number of phenolic OH excluding ortho intramolecular Hbond substituents is 1. The number of carbonyl (C=O) groups excluding carboxylic acids is 3. The molecule has 1 amide bonds. The number of amides is 1. The molecular formula is C27H33NO7. The van der Waals surface area contributed by atoms with Crippen LogP contribution in [0.15, 0.2) is 54.8 Å². The van der Waals surface area contributed by atoms with Gasteiger partial charge in [0, 0.05) is 44.9 Å². The van der Waals surface area contributed by atoms with Gasteiger partial charge >= 0.3 is 11.9 Å². The van der Waals surface area contributed by atoms with Crippen LogP contribution in [0.5, 0.6) is 5.75 Å². The number of fused-ring (bicyclic) bond motifs is 3. The molecule has 1 fully saturated rings. The van der Waals surface area contributed by atoms with Crippen LogP contribution in [0.4, 0.5) is 0 Å². The smallest absolute Gasteiger partial charge is 0.342 e. The number of esters is 2. The first-order valence-corrected chi connectivity index (χ1v) is 12.0. The van der Waals surface area contributed by atoms with Crippen LogP contribution >= 0.6 is 0 Å². The molecule has 8 nitrogen and oxygen atoms in total. The number of hydrogen-bond donors (Lipinski definition) is 2. The van der Waals surface area contributed by atoms with Gasteiger partial charge in [-0.3, -0.25) is 9.59 Å². The highest BCUT2D eigenvalue weighted by atomic mass is 16.6. The molecule has 0 saturated carbocycles. The van der Waals surface area contributed by atoms with Crippen LogP contribution in [0.25, 0.3) is 0 Å². The summed E-state index contributed by atoms with van der Waals surface area (Å²) in [5.74, 6) is -1.36. The van der Waals surface area contributed by atoms with Gasteiger partial charge < -0.3 is 24.6 Å². The Bertz CT molecular complexity index is 997. The van der Waals surface area contributed by atoms with Gasteiger partial charge in [-0.1, -0.05) is 43.4 Å². The van der Waals surface area contributed by atoms with Crippen LogP contribution in [0.1, 0.15) is 61.9 Å². The van der Waals surface area contributed by atoms with Gasteiger partial charge in [-0.05, 0) is 24.5 Å². The molecule has 0 aliphatic carbocycles. The van der Waals surface area contributed by atoms with Gasteiger partial charge in [0.1, 0.15) is 23.5 Å². The molecule has 1 aromatic rings. The van der Waals surface area contributed by atoms with Crippen molar-refractivity contribution in [3.63, 3.8) is 0 Å². The van der Waals surface area contributed by atoms with Crippen LogP contribution in [0.2, 0.25) is 0 Å². The van der Waals surface area contributed by atoms with Gasteiger partial charge in [-0.2, -0.15) is 0 Å². The first-order valence-electron chi connectivity index (χ1n) is 12.0. The third-order valence-corrected chi connectivity index (χ3v) is 5.82. The molecule has 0 radical (unpaired) electrons. The standard InChI is InChI=1S/C27H33NO7/c1-3-4-5-6-12-25(31)28-13-8-10-20-15-23-17-22(33-18(2)29)16-21(34-23)14-19-9-7-11-24(30)26(19)27(32)35-20/h4-9,11-13,20-23,30H,3,10,14-17H2,1-2H3,(H,28,31)/b5-4-,12-6-,13-8+/t20-,21-,22+,23+/m0/s1. The summed E-state index contributed by atoms with van der Waals surface area (Å²) < 4.78 is 17.5. The molecule has 8 heteroatoms. The molecule has 1 aromatic carbocycles. The summed E-state index contributed by atoms with van der Waals surface area (Å²) in [5, 5.41) is 13.0. The zero-order chi connectivity index (χ0) is 25.2. The highest BCUT2D eigenvalue weighted by Gasteiger charge is 2.36. The van der Waals surface area contributed by atoms with Gasteiger partial charge in [0.2, 0.25) is 5.91 Å². The second kappa shape index (κ2) is 12.9. The second-order valence-electron chi connectivity index (χ2n) is 8.70. The minimum atomic E-state index is -0.595. The van der Waals surface area contributed by atoms with Crippen LogP contribution < -0.4 is 5.32 Å². The Kier molecular flexibility index (Phi) is 9.66. The minimum absolute atomic E-state index is 0.122. The van der Waals surface area contributed by atoms with Crippen molar-refractivity contribution in [1.82, 2.24) is 5.32 Å². The molecule has 0 aromatic heterocycles. The maximum atomic E-state index is 13.0. The molecule has 2 N–H and O–H groups in total. The number of phenols is 1. The Labute approximate surface area is 205 Å². The van der Waals surface area contributed by atoms with Gasteiger partial charge in [-0.15, -0.1) is 0 Å². The SMILES string of the molecule is CC/C=C\C=C/C(=O)N/C=C/C[C@H]1C[C@@H]2C[C@H](OC(C)=O)C[C@H](Cc3cccc(O)c3C(=O)O1)O2. The number of carbonyl (C=O) groups is 3. The lowest BCUT2D eigenvalue weighted by Crippen LogP contribution is -2.41. The zero-order valence-electron chi connectivity index (χ0n) is 20.1. The molecule has 0 unspecified atom stereocenters. The van der Waals surface area contributed by atoms with Crippen LogP contribution in [0.3, 0.4) is 0 Å². The number of hydrogen-bond acceptors (Lipinski definition) is 7. The maximum absolute atomic E-state index is 13.0. The van der Waals surface area contributed by atoms with E-state index in [1.165, 1.54) is 25.3 Å². The molecule has 35 heavy (non-hydrogen) atoms. The molecule has 2 bridgehead atoms. The van der Waals surface area contributed by atoms with Crippen LogP contribution in [0, 0.1) is 0 Å². The van der Waals surface area contributed by atoms with E-state index in [0.29, 0.717) is 37.7 Å². The lowest BCUT2D eigenvalue weighted by Gasteiger charge is -2.37.